The maximum atomic E-state index is 13.8. The van der Waals surface area contributed by atoms with Crippen LogP contribution in [0.15, 0.2) is 59.8 Å². The Morgan fingerprint density at radius 3 is 2.58 bits per heavy atom. The fraction of sp³-hybridized carbons (Fsp3) is 0.263. The first-order chi connectivity index (χ1) is 12.8. The molecule has 4 rings (SSSR count). The Labute approximate surface area is 155 Å². The standard InChI is InChI=1S/C19H19FN4OS/c20-16-7-4-8-17(13-16)24-18(23-9-11-25-12-10-23)21-22-19(24)26-14-15-5-2-1-3-6-15/h1-8,13H,9-12,14H2. The summed E-state index contributed by atoms with van der Waals surface area (Å²) < 4.78 is 21.2. The molecule has 2 heterocycles. The Bertz CT molecular complexity index is 865. The van der Waals surface area contributed by atoms with Crippen molar-refractivity contribution < 1.29 is 9.13 Å². The number of halogens is 1. The Kier molecular flexibility index (Phi) is 5.17. The number of anilines is 1. The average Bonchev–Trinajstić information content (AvgIpc) is 3.12. The highest BCUT2D eigenvalue weighted by atomic mass is 32.2. The fourth-order valence-electron chi connectivity index (χ4n) is 2.89. The summed E-state index contributed by atoms with van der Waals surface area (Å²) in [7, 11) is 0. The van der Waals surface area contributed by atoms with Crippen molar-refractivity contribution in [1.29, 1.82) is 0 Å². The first kappa shape index (κ1) is 17.1. The minimum Gasteiger partial charge on any atom is -0.378 e. The number of ether oxygens (including phenoxy) is 1. The zero-order chi connectivity index (χ0) is 17.8. The molecule has 2 aromatic carbocycles. The topological polar surface area (TPSA) is 43.2 Å². The second kappa shape index (κ2) is 7.88. The van der Waals surface area contributed by atoms with Crippen LogP contribution in [-0.2, 0) is 10.5 Å². The molecule has 1 fully saturated rings. The Hall–Kier alpha value is -2.38. The van der Waals surface area contributed by atoms with Crippen LogP contribution in [0, 0.1) is 5.82 Å². The molecule has 1 aliphatic heterocycles. The number of hydrogen-bond donors (Lipinski definition) is 0. The molecule has 0 N–H and O–H groups in total. The Morgan fingerprint density at radius 1 is 1.00 bits per heavy atom. The molecule has 5 nitrogen and oxygen atoms in total. The van der Waals surface area contributed by atoms with E-state index in [1.54, 1.807) is 17.8 Å². The average molecular weight is 370 g/mol. The smallest absolute Gasteiger partial charge is 0.232 e. The number of nitrogens with zero attached hydrogens (tertiary/aromatic N) is 4. The number of rotatable bonds is 5. The van der Waals surface area contributed by atoms with Gasteiger partial charge in [0.15, 0.2) is 5.16 Å². The summed E-state index contributed by atoms with van der Waals surface area (Å²) >= 11 is 1.59. The Balaban J connectivity index is 1.67. The van der Waals surface area contributed by atoms with Crippen molar-refractivity contribution in [3.8, 4) is 5.69 Å². The van der Waals surface area contributed by atoms with Crippen molar-refractivity contribution >= 4 is 17.7 Å². The molecular formula is C19H19FN4OS. The van der Waals surface area contributed by atoms with Gasteiger partial charge in [-0.2, -0.15) is 0 Å². The minimum atomic E-state index is -0.275. The van der Waals surface area contributed by atoms with E-state index in [0.29, 0.717) is 13.2 Å². The molecule has 1 aromatic heterocycles. The summed E-state index contributed by atoms with van der Waals surface area (Å²) in [6, 6.07) is 16.7. The fourth-order valence-corrected chi connectivity index (χ4v) is 3.79. The lowest BCUT2D eigenvalue weighted by Crippen LogP contribution is -2.37. The van der Waals surface area contributed by atoms with Crippen molar-refractivity contribution in [2.45, 2.75) is 10.9 Å². The molecule has 26 heavy (non-hydrogen) atoms. The van der Waals surface area contributed by atoms with E-state index in [0.717, 1.165) is 35.6 Å². The second-order valence-corrected chi connectivity index (χ2v) is 6.91. The molecule has 0 spiro atoms. The third-order valence-electron chi connectivity index (χ3n) is 4.19. The van der Waals surface area contributed by atoms with Gasteiger partial charge in [0.2, 0.25) is 5.95 Å². The van der Waals surface area contributed by atoms with Gasteiger partial charge in [-0.1, -0.05) is 48.2 Å². The lowest BCUT2D eigenvalue weighted by Gasteiger charge is -2.27. The van der Waals surface area contributed by atoms with E-state index < -0.39 is 0 Å². The SMILES string of the molecule is Fc1cccc(-n2c(SCc3ccccc3)nnc2N2CCOCC2)c1. The first-order valence-corrected chi connectivity index (χ1v) is 9.50. The number of aromatic nitrogens is 3. The maximum absolute atomic E-state index is 13.8. The largest absolute Gasteiger partial charge is 0.378 e. The third kappa shape index (κ3) is 3.73. The van der Waals surface area contributed by atoms with Crippen molar-refractivity contribution in [2.24, 2.45) is 0 Å². The van der Waals surface area contributed by atoms with Crippen LogP contribution in [0.1, 0.15) is 5.56 Å². The van der Waals surface area contributed by atoms with Crippen molar-refractivity contribution in [3.05, 3.63) is 66.0 Å². The molecule has 0 unspecified atom stereocenters. The minimum absolute atomic E-state index is 0.275. The molecule has 0 saturated carbocycles. The normalized spacial score (nSPS) is 14.6. The molecule has 0 amide bonds. The predicted molar refractivity (Wildman–Crippen MR) is 100 cm³/mol. The van der Waals surface area contributed by atoms with E-state index in [1.807, 2.05) is 28.8 Å². The van der Waals surface area contributed by atoms with E-state index in [1.165, 1.54) is 17.7 Å². The molecule has 3 aromatic rings. The van der Waals surface area contributed by atoms with Gasteiger partial charge in [0.25, 0.3) is 0 Å². The molecule has 0 radical (unpaired) electrons. The predicted octanol–water partition coefficient (Wildman–Crippen LogP) is 3.54. The Morgan fingerprint density at radius 2 is 1.81 bits per heavy atom. The van der Waals surface area contributed by atoms with Gasteiger partial charge in [0.1, 0.15) is 5.82 Å². The van der Waals surface area contributed by atoms with Gasteiger partial charge in [0.05, 0.1) is 18.9 Å². The summed E-state index contributed by atoms with van der Waals surface area (Å²) in [5.74, 6) is 1.23. The number of morpholine rings is 1. The quantitative estimate of drug-likeness (QED) is 0.643. The monoisotopic (exact) mass is 370 g/mol. The van der Waals surface area contributed by atoms with E-state index in [-0.39, 0.29) is 5.82 Å². The van der Waals surface area contributed by atoms with Crippen LogP contribution in [0.3, 0.4) is 0 Å². The molecule has 0 aliphatic carbocycles. The second-order valence-electron chi connectivity index (χ2n) is 5.97. The summed E-state index contributed by atoms with van der Waals surface area (Å²) in [6.07, 6.45) is 0. The zero-order valence-electron chi connectivity index (χ0n) is 14.2. The van der Waals surface area contributed by atoms with Crippen LogP contribution in [0.4, 0.5) is 10.3 Å². The van der Waals surface area contributed by atoms with Crippen molar-refractivity contribution in [3.63, 3.8) is 0 Å². The van der Waals surface area contributed by atoms with E-state index >= 15 is 0 Å². The molecule has 1 saturated heterocycles. The molecular weight excluding hydrogens is 351 g/mol. The van der Waals surface area contributed by atoms with E-state index in [2.05, 4.69) is 27.2 Å². The molecule has 7 heteroatoms. The van der Waals surface area contributed by atoms with Crippen molar-refractivity contribution in [2.75, 3.05) is 31.2 Å². The number of hydrogen-bond acceptors (Lipinski definition) is 5. The maximum Gasteiger partial charge on any atom is 0.232 e. The lowest BCUT2D eigenvalue weighted by atomic mass is 10.2. The van der Waals surface area contributed by atoms with Crippen LogP contribution in [0.5, 0.6) is 0 Å². The zero-order valence-corrected chi connectivity index (χ0v) is 15.0. The summed E-state index contributed by atoms with van der Waals surface area (Å²) in [6.45, 7) is 2.80. The van der Waals surface area contributed by atoms with Gasteiger partial charge in [-0.05, 0) is 23.8 Å². The van der Waals surface area contributed by atoms with Gasteiger partial charge >= 0.3 is 0 Å². The number of thioether (sulfide) groups is 1. The highest BCUT2D eigenvalue weighted by Crippen LogP contribution is 2.29. The van der Waals surface area contributed by atoms with Gasteiger partial charge in [-0.25, -0.2) is 4.39 Å². The highest BCUT2D eigenvalue weighted by molar-refractivity contribution is 7.98. The first-order valence-electron chi connectivity index (χ1n) is 8.52. The van der Waals surface area contributed by atoms with Crippen molar-refractivity contribution in [1.82, 2.24) is 14.8 Å². The van der Waals surface area contributed by atoms with Crippen LogP contribution >= 0.6 is 11.8 Å². The number of benzene rings is 2. The van der Waals surface area contributed by atoms with Crippen LogP contribution in [0.2, 0.25) is 0 Å². The third-order valence-corrected chi connectivity index (χ3v) is 5.19. The molecule has 134 valence electrons. The van der Waals surface area contributed by atoms with Crippen LogP contribution < -0.4 is 4.90 Å². The highest BCUT2D eigenvalue weighted by Gasteiger charge is 2.22. The van der Waals surface area contributed by atoms with Gasteiger partial charge < -0.3 is 9.64 Å². The molecule has 0 bridgehead atoms. The summed E-state index contributed by atoms with van der Waals surface area (Å²) in [4.78, 5) is 2.13. The molecule has 1 aliphatic rings. The van der Waals surface area contributed by atoms with E-state index in [9.17, 15) is 4.39 Å². The van der Waals surface area contributed by atoms with Crippen LogP contribution in [-0.4, -0.2) is 41.1 Å². The summed E-state index contributed by atoms with van der Waals surface area (Å²) in [5, 5.41) is 9.53. The van der Waals surface area contributed by atoms with Gasteiger partial charge in [-0.3, -0.25) is 4.57 Å². The van der Waals surface area contributed by atoms with Gasteiger partial charge in [0, 0.05) is 18.8 Å². The summed E-state index contributed by atoms with van der Waals surface area (Å²) in [5.41, 5.74) is 1.94. The molecule has 0 atom stereocenters. The lowest BCUT2D eigenvalue weighted by molar-refractivity contribution is 0.122. The van der Waals surface area contributed by atoms with E-state index in [4.69, 9.17) is 4.74 Å². The van der Waals surface area contributed by atoms with Gasteiger partial charge in [-0.15, -0.1) is 10.2 Å². The van der Waals surface area contributed by atoms with Crippen LogP contribution in [0.25, 0.3) is 5.69 Å².